The summed E-state index contributed by atoms with van der Waals surface area (Å²) in [6, 6.07) is 3.69. The highest BCUT2D eigenvalue weighted by atomic mass is 32.2. The van der Waals surface area contributed by atoms with Crippen molar-refractivity contribution in [2.75, 3.05) is 11.9 Å². The molecular formula is C15H23N3O4S. The fraction of sp³-hybridized carbons (Fsp3) is 0.600. The normalized spacial score (nSPS) is 21.8. The summed E-state index contributed by atoms with van der Waals surface area (Å²) in [5.41, 5.74) is 0.0554. The molecule has 3 N–H and O–H groups in total. The molecule has 1 fully saturated rings. The van der Waals surface area contributed by atoms with Gasteiger partial charge in [0.2, 0.25) is 10.0 Å². The van der Waals surface area contributed by atoms with Gasteiger partial charge in [-0.05, 0) is 36.8 Å². The van der Waals surface area contributed by atoms with Crippen LogP contribution in [0, 0.1) is 22.0 Å². The lowest BCUT2D eigenvalue weighted by molar-refractivity contribution is -0.384. The van der Waals surface area contributed by atoms with Crippen LogP contribution in [0.25, 0.3) is 0 Å². The molecule has 0 bridgehead atoms. The molecule has 2 unspecified atom stereocenters. The van der Waals surface area contributed by atoms with Crippen molar-refractivity contribution >= 4 is 21.4 Å². The minimum Gasteiger partial charge on any atom is -0.379 e. The van der Waals surface area contributed by atoms with Crippen LogP contribution in [-0.4, -0.2) is 19.9 Å². The van der Waals surface area contributed by atoms with E-state index in [9.17, 15) is 18.5 Å². The highest BCUT2D eigenvalue weighted by Gasteiger charge is 2.21. The third-order valence-electron chi connectivity index (χ3n) is 4.41. The first-order valence-corrected chi connectivity index (χ1v) is 9.37. The number of nitrogens with one attached hydrogen (secondary N) is 1. The number of anilines is 1. The molecule has 0 aromatic heterocycles. The van der Waals surface area contributed by atoms with Crippen molar-refractivity contribution in [3.05, 3.63) is 28.3 Å². The van der Waals surface area contributed by atoms with E-state index in [0.29, 0.717) is 18.2 Å². The molecular weight excluding hydrogens is 318 g/mol. The second kappa shape index (κ2) is 7.27. The molecule has 0 aliphatic heterocycles. The van der Waals surface area contributed by atoms with E-state index in [1.165, 1.54) is 37.8 Å². The highest BCUT2D eigenvalue weighted by molar-refractivity contribution is 7.89. The van der Waals surface area contributed by atoms with E-state index >= 15 is 0 Å². The summed E-state index contributed by atoms with van der Waals surface area (Å²) in [5.74, 6) is 1.39. The van der Waals surface area contributed by atoms with E-state index in [0.717, 1.165) is 18.4 Å². The molecule has 2 rings (SSSR count). The summed E-state index contributed by atoms with van der Waals surface area (Å²) in [6.45, 7) is 2.89. The summed E-state index contributed by atoms with van der Waals surface area (Å²) >= 11 is 0. The maximum atomic E-state index is 11.3. The third kappa shape index (κ3) is 4.90. The molecule has 2 atom stereocenters. The lowest BCUT2D eigenvalue weighted by atomic mass is 9.81. The Hall–Kier alpha value is -1.67. The number of primary sulfonamides is 1. The van der Waals surface area contributed by atoms with E-state index in [1.807, 2.05) is 0 Å². The number of sulfonamides is 1. The zero-order valence-corrected chi connectivity index (χ0v) is 14.0. The average Bonchev–Trinajstić information content (AvgIpc) is 2.46. The molecule has 0 spiro atoms. The van der Waals surface area contributed by atoms with Crippen molar-refractivity contribution in [2.45, 2.75) is 43.9 Å². The van der Waals surface area contributed by atoms with Crippen LogP contribution in [0.2, 0.25) is 0 Å². The zero-order valence-electron chi connectivity index (χ0n) is 13.2. The Morgan fingerprint density at radius 3 is 2.74 bits per heavy atom. The molecule has 1 aliphatic rings. The largest absolute Gasteiger partial charge is 0.379 e. The van der Waals surface area contributed by atoms with Gasteiger partial charge in [0.15, 0.2) is 0 Å². The molecule has 0 amide bonds. The number of rotatable bonds is 6. The summed E-state index contributed by atoms with van der Waals surface area (Å²) in [5, 5.41) is 19.2. The Labute approximate surface area is 136 Å². The minimum atomic E-state index is -3.95. The number of nitrogens with two attached hydrogens (primary N) is 1. The van der Waals surface area contributed by atoms with Crippen molar-refractivity contribution in [1.29, 1.82) is 0 Å². The molecule has 1 aromatic carbocycles. The lowest BCUT2D eigenvalue weighted by Gasteiger charge is -2.26. The molecule has 7 nitrogen and oxygen atoms in total. The van der Waals surface area contributed by atoms with E-state index < -0.39 is 14.9 Å². The Balaban J connectivity index is 2.03. The molecule has 0 saturated heterocycles. The lowest BCUT2D eigenvalue weighted by Crippen LogP contribution is -2.17. The fourth-order valence-electron chi connectivity index (χ4n) is 3.22. The van der Waals surface area contributed by atoms with Crippen LogP contribution in [0.5, 0.6) is 0 Å². The number of benzene rings is 1. The van der Waals surface area contributed by atoms with Gasteiger partial charge in [-0.2, -0.15) is 0 Å². The molecule has 0 radical (unpaired) electrons. The molecule has 0 heterocycles. The monoisotopic (exact) mass is 341 g/mol. The van der Waals surface area contributed by atoms with E-state index in [2.05, 4.69) is 12.2 Å². The first-order valence-electron chi connectivity index (χ1n) is 7.82. The standard InChI is InChI=1S/C15H23N3O4S/c1-11-3-2-4-12(9-11)7-8-17-14-6-5-13(23(16,21)22)10-15(14)18(19)20/h5-6,10-12,17H,2-4,7-9H2,1H3,(H2,16,21,22). The van der Waals surface area contributed by atoms with Gasteiger partial charge >= 0.3 is 0 Å². The minimum absolute atomic E-state index is 0.254. The second-order valence-electron chi connectivity index (χ2n) is 6.33. The highest BCUT2D eigenvalue weighted by Crippen LogP contribution is 2.31. The predicted octanol–water partition coefficient (Wildman–Crippen LogP) is 2.87. The average molecular weight is 341 g/mol. The summed E-state index contributed by atoms with van der Waals surface area (Å²) in [6.07, 6.45) is 5.89. The SMILES string of the molecule is CC1CCCC(CCNc2ccc(S(N)(=O)=O)cc2[N+](=O)[O-])C1. The van der Waals surface area contributed by atoms with Crippen LogP contribution >= 0.6 is 0 Å². The maximum absolute atomic E-state index is 11.3. The number of nitro benzene ring substituents is 1. The number of hydrogen-bond donors (Lipinski definition) is 2. The number of nitrogens with zero attached hydrogens (tertiary/aromatic N) is 1. The maximum Gasteiger partial charge on any atom is 0.293 e. The molecule has 23 heavy (non-hydrogen) atoms. The van der Waals surface area contributed by atoms with E-state index in [-0.39, 0.29) is 10.6 Å². The summed E-state index contributed by atoms with van der Waals surface area (Å²) in [7, 11) is -3.95. The number of nitro groups is 1. The van der Waals surface area contributed by atoms with Crippen LogP contribution in [0.15, 0.2) is 23.1 Å². The molecule has 8 heteroatoms. The van der Waals surface area contributed by atoms with Crippen LogP contribution < -0.4 is 10.5 Å². The van der Waals surface area contributed by atoms with Crippen molar-refractivity contribution in [3.63, 3.8) is 0 Å². The first-order chi connectivity index (χ1) is 10.8. The van der Waals surface area contributed by atoms with Gasteiger partial charge in [-0.25, -0.2) is 13.6 Å². The smallest absolute Gasteiger partial charge is 0.293 e. The van der Waals surface area contributed by atoms with Gasteiger partial charge in [0, 0.05) is 12.6 Å². The third-order valence-corrected chi connectivity index (χ3v) is 5.32. The quantitative estimate of drug-likeness (QED) is 0.610. The van der Waals surface area contributed by atoms with Crippen LogP contribution in [0.4, 0.5) is 11.4 Å². The van der Waals surface area contributed by atoms with Gasteiger partial charge in [0.05, 0.1) is 9.82 Å². The van der Waals surface area contributed by atoms with E-state index in [1.54, 1.807) is 0 Å². The Kier molecular flexibility index (Phi) is 5.59. The van der Waals surface area contributed by atoms with Gasteiger partial charge < -0.3 is 5.32 Å². The first kappa shape index (κ1) is 17.7. The van der Waals surface area contributed by atoms with Crippen LogP contribution in [0.3, 0.4) is 0 Å². The fourth-order valence-corrected chi connectivity index (χ4v) is 3.76. The second-order valence-corrected chi connectivity index (χ2v) is 7.90. The van der Waals surface area contributed by atoms with Gasteiger partial charge in [0.25, 0.3) is 5.69 Å². The van der Waals surface area contributed by atoms with Crippen LogP contribution in [0.1, 0.15) is 39.0 Å². The molecule has 128 valence electrons. The van der Waals surface area contributed by atoms with Gasteiger partial charge in [-0.15, -0.1) is 0 Å². The Morgan fingerprint density at radius 1 is 1.39 bits per heavy atom. The number of hydrogen-bond acceptors (Lipinski definition) is 5. The van der Waals surface area contributed by atoms with Crippen LogP contribution in [-0.2, 0) is 10.0 Å². The molecule has 1 saturated carbocycles. The van der Waals surface area contributed by atoms with Crippen molar-refractivity contribution < 1.29 is 13.3 Å². The van der Waals surface area contributed by atoms with Gasteiger partial charge in [0.1, 0.15) is 5.69 Å². The van der Waals surface area contributed by atoms with E-state index in [4.69, 9.17) is 5.14 Å². The summed E-state index contributed by atoms with van der Waals surface area (Å²) < 4.78 is 22.6. The Morgan fingerprint density at radius 2 is 2.13 bits per heavy atom. The van der Waals surface area contributed by atoms with Gasteiger partial charge in [-0.3, -0.25) is 10.1 Å². The van der Waals surface area contributed by atoms with Crippen molar-refractivity contribution in [3.8, 4) is 0 Å². The summed E-state index contributed by atoms with van der Waals surface area (Å²) in [4.78, 5) is 10.3. The van der Waals surface area contributed by atoms with Crippen molar-refractivity contribution in [1.82, 2.24) is 0 Å². The van der Waals surface area contributed by atoms with Gasteiger partial charge in [-0.1, -0.05) is 26.2 Å². The molecule has 1 aliphatic carbocycles. The molecule has 1 aromatic rings. The predicted molar refractivity (Wildman–Crippen MR) is 88.7 cm³/mol. The zero-order chi connectivity index (χ0) is 17.0. The Bertz CT molecular complexity index is 675. The topological polar surface area (TPSA) is 115 Å². The van der Waals surface area contributed by atoms with Crippen molar-refractivity contribution in [2.24, 2.45) is 17.0 Å².